The lowest BCUT2D eigenvalue weighted by Crippen LogP contribution is -2.44. The van der Waals surface area contributed by atoms with Crippen LogP contribution in [0.25, 0.3) is 27.9 Å². The van der Waals surface area contributed by atoms with E-state index < -0.39 is 0 Å². The van der Waals surface area contributed by atoms with E-state index in [4.69, 9.17) is 38.0 Å². The Morgan fingerprint density at radius 3 is 2.74 bits per heavy atom. The topological polar surface area (TPSA) is 111 Å². The summed E-state index contributed by atoms with van der Waals surface area (Å²) in [5.74, 6) is 1.29. The van der Waals surface area contributed by atoms with Crippen LogP contribution in [-0.4, -0.2) is 37.4 Å². The van der Waals surface area contributed by atoms with Crippen LogP contribution in [0.1, 0.15) is 34.5 Å². The highest BCUT2D eigenvalue weighted by atomic mass is 35.5. The van der Waals surface area contributed by atoms with Crippen LogP contribution in [0.3, 0.4) is 0 Å². The highest BCUT2D eigenvalue weighted by Gasteiger charge is 2.48. The summed E-state index contributed by atoms with van der Waals surface area (Å²) in [7, 11) is 0. The van der Waals surface area contributed by atoms with Crippen LogP contribution in [0.4, 0.5) is 11.6 Å². The van der Waals surface area contributed by atoms with Crippen molar-refractivity contribution in [3.8, 4) is 11.1 Å². The molecule has 34 heavy (non-hydrogen) atoms. The van der Waals surface area contributed by atoms with Crippen molar-refractivity contribution < 1.29 is 0 Å². The third kappa shape index (κ3) is 2.68. The number of nitrogens with zero attached hydrogens (tertiary/aromatic N) is 6. The van der Waals surface area contributed by atoms with Crippen molar-refractivity contribution in [2.75, 3.05) is 23.7 Å². The van der Waals surface area contributed by atoms with E-state index in [-0.39, 0.29) is 11.5 Å². The number of anilines is 2. The third-order valence-electron chi connectivity index (χ3n) is 7.64. The van der Waals surface area contributed by atoms with Crippen molar-refractivity contribution in [3.05, 3.63) is 51.2 Å². The number of thiazole rings is 1. The van der Waals surface area contributed by atoms with E-state index >= 15 is 0 Å². The molecule has 0 radical (unpaired) electrons. The second-order valence-electron chi connectivity index (χ2n) is 9.45. The fourth-order valence-corrected chi connectivity index (χ4v) is 7.13. The van der Waals surface area contributed by atoms with Gasteiger partial charge in [0.2, 0.25) is 0 Å². The Bertz CT molecular complexity index is 1560. The first-order valence-electron chi connectivity index (χ1n) is 11.4. The van der Waals surface area contributed by atoms with Crippen molar-refractivity contribution in [2.45, 2.75) is 32.2 Å². The molecule has 1 atom stereocenters. The molecule has 0 saturated carbocycles. The molecule has 1 saturated heterocycles. The smallest absolute Gasteiger partial charge is 0.157 e. The molecule has 5 aromatic rings. The van der Waals surface area contributed by atoms with Crippen molar-refractivity contribution >= 4 is 51.4 Å². The molecule has 1 fully saturated rings. The summed E-state index contributed by atoms with van der Waals surface area (Å²) in [4.78, 5) is 22.2. The van der Waals surface area contributed by atoms with E-state index in [9.17, 15) is 0 Å². The summed E-state index contributed by atoms with van der Waals surface area (Å²) in [5, 5.41) is 1.56. The second kappa shape index (κ2) is 7.00. The molecule has 0 amide bonds. The van der Waals surface area contributed by atoms with Crippen LogP contribution in [0, 0.1) is 12.3 Å². The summed E-state index contributed by atoms with van der Waals surface area (Å²) in [6.07, 6.45) is 6.63. The van der Waals surface area contributed by atoms with E-state index in [1.54, 1.807) is 17.5 Å². The number of aryl methyl sites for hydroxylation is 1. The highest BCUT2D eigenvalue weighted by molar-refractivity contribution is 7.11. The quantitative estimate of drug-likeness (QED) is 0.381. The molecule has 6 heterocycles. The van der Waals surface area contributed by atoms with Crippen LogP contribution < -0.4 is 16.4 Å². The number of fused-ring (bicyclic) bond motifs is 1. The van der Waals surface area contributed by atoms with Gasteiger partial charge < -0.3 is 16.4 Å². The minimum absolute atomic E-state index is 0.0837. The van der Waals surface area contributed by atoms with E-state index in [2.05, 4.69) is 21.2 Å². The van der Waals surface area contributed by atoms with Gasteiger partial charge in [0, 0.05) is 41.3 Å². The van der Waals surface area contributed by atoms with Gasteiger partial charge in [-0.15, -0.1) is 11.3 Å². The summed E-state index contributed by atoms with van der Waals surface area (Å²) in [5.41, 5.74) is 18.5. The summed E-state index contributed by atoms with van der Waals surface area (Å²) in [6.45, 7) is 3.90. The predicted octanol–water partition coefficient (Wildman–Crippen LogP) is 4.23. The highest BCUT2D eigenvalue weighted by Crippen LogP contribution is 2.52. The van der Waals surface area contributed by atoms with Gasteiger partial charge in [0.15, 0.2) is 5.82 Å². The SMILES string of the molecule is Cc1nc2c(s1)[C@@H](N)C1(CCN(c3nc4ccc(-c5ccnc(N)c5Cl)c5ncc3n45)CC1)C2. The van der Waals surface area contributed by atoms with Crippen LogP contribution in [0.2, 0.25) is 5.02 Å². The normalized spacial score (nSPS) is 19.6. The van der Waals surface area contributed by atoms with Gasteiger partial charge in [-0.1, -0.05) is 11.6 Å². The number of halogens is 1. The maximum atomic E-state index is 6.76. The van der Waals surface area contributed by atoms with Gasteiger partial charge in [-0.25, -0.2) is 19.9 Å². The Kier molecular flexibility index (Phi) is 4.20. The monoisotopic (exact) mass is 490 g/mol. The number of rotatable bonds is 2. The van der Waals surface area contributed by atoms with E-state index in [1.165, 1.54) is 10.6 Å². The number of imidazole rings is 2. The zero-order valence-corrected chi connectivity index (χ0v) is 20.2. The minimum atomic E-state index is 0.0837. The zero-order valence-electron chi connectivity index (χ0n) is 18.6. The van der Waals surface area contributed by atoms with Gasteiger partial charge in [-0.05, 0) is 49.8 Å². The molecule has 1 aliphatic heterocycles. The first-order valence-corrected chi connectivity index (χ1v) is 12.6. The molecule has 5 aromatic heterocycles. The number of nitrogen functional groups attached to an aromatic ring is 1. The number of pyridine rings is 2. The van der Waals surface area contributed by atoms with Crippen LogP contribution >= 0.6 is 22.9 Å². The first-order chi connectivity index (χ1) is 16.4. The van der Waals surface area contributed by atoms with Crippen LogP contribution in [-0.2, 0) is 6.42 Å². The lowest BCUT2D eigenvalue weighted by molar-refractivity contribution is 0.187. The van der Waals surface area contributed by atoms with Gasteiger partial charge in [0.25, 0.3) is 0 Å². The Morgan fingerprint density at radius 2 is 1.94 bits per heavy atom. The molecular formula is C24H23ClN8S. The van der Waals surface area contributed by atoms with Crippen molar-refractivity contribution in [2.24, 2.45) is 11.1 Å². The maximum Gasteiger partial charge on any atom is 0.157 e. The lowest BCUT2D eigenvalue weighted by Gasteiger charge is -2.42. The Labute approximate surface area is 204 Å². The van der Waals surface area contributed by atoms with Crippen molar-refractivity contribution in [1.82, 2.24) is 24.3 Å². The molecule has 172 valence electrons. The summed E-state index contributed by atoms with van der Waals surface area (Å²) >= 11 is 8.23. The molecule has 10 heteroatoms. The standard InChI is InChI=1S/C24H23ClN8S/c1-12-30-15-10-24(20(26)19(15)34-12)5-8-32(9-6-24)23-16-11-29-22-14(2-3-17(31-23)33(16)22)13-4-7-28-21(27)18(13)25/h2-4,7,11,20H,5-6,8-10,26H2,1H3,(H2,27,28)/t20-/m1/s1. The molecule has 4 N–H and O–H groups in total. The Hall–Kier alpha value is -3.01. The largest absolute Gasteiger partial charge is 0.382 e. The zero-order chi connectivity index (χ0) is 23.2. The van der Waals surface area contributed by atoms with Gasteiger partial charge in [-0.3, -0.25) is 4.40 Å². The van der Waals surface area contributed by atoms with Crippen molar-refractivity contribution in [1.29, 1.82) is 0 Å². The first kappa shape index (κ1) is 20.4. The number of piperidine rings is 1. The molecule has 0 unspecified atom stereocenters. The number of aromatic nitrogens is 5. The molecule has 8 nitrogen and oxygen atoms in total. The number of hydrogen-bond donors (Lipinski definition) is 2. The van der Waals surface area contributed by atoms with E-state index in [1.807, 2.05) is 24.4 Å². The molecule has 7 rings (SSSR count). The molecular weight excluding hydrogens is 468 g/mol. The summed E-state index contributed by atoms with van der Waals surface area (Å²) in [6, 6.07) is 5.97. The fraction of sp³-hybridized carbons (Fsp3) is 0.333. The van der Waals surface area contributed by atoms with Crippen LogP contribution in [0.5, 0.6) is 0 Å². The van der Waals surface area contributed by atoms with E-state index in [0.717, 1.165) is 71.1 Å². The average Bonchev–Trinajstić information content (AvgIpc) is 3.57. The molecule has 0 aromatic carbocycles. The van der Waals surface area contributed by atoms with Gasteiger partial charge in [0.05, 0.1) is 21.9 Å². The molecule has 1 aliphatic carbocycles. The molecule has 2 aliphatic rings. The fourth-order valence-electron chi connectivity index (χ4n) is 5.83. The van der Waals surface area contributed by atoms with Crippen LogP contribution in [0.15, 0.2) is 30.6 Å². The Balaban J connectivity index is 1.22. The minimum Gasteiger partial charge on any atom is -0.382 e. The van der Waals surface area contributed by atoms with Gasteiger partial charge >= 0.3 is 0 Å². The predicted molar refractivity (Wildman–Crippen MR) is 136 cm³/mol. The van der Waals surface area contributed by atoms with Gasteiger partial charge in [-0.2, -0.15) is 0 Å². The second-order valence-corrected chi connectivity index (χ2v) is 11.1. The third-order valence-corrected chi connectivity index (χ3v) is 9.14. The number of hydrogen-bond acceptors (Lipinski definition) is 8. The van der Waals surface area contributed by atoms with Gasteiger partial charge in [0.1, 0.15) is 22.6 Å². The average molecular weight is 491 g/mol. The maximum absolute atomic E-state index is 6.76. The van der Waals surface area contributed by atoms with E-state index in [0.29, 0.717) is 10.8 Å². The lowest BCUT2D eigenvalue weighted by atomic mass is 9.74. The molecule has 1 spiro atoms. The molecule has 0 bridgehead atoms. The summed E-state index contributed by atoms with van der Waals surface area (Å²) < 4.78 is 2.10. The Morgan fingerprint density at radius 1 is 1.12 bits per heavy atom. The van der Waals surface area contributed by atoms with Crippen molar-refractivity contribution in [3.63, 3.8) is 0 Å². The number of nitrogens with two attached hydrogens (primary N) is 2.